The molecule has 6 bridgehead atoms. The number of aromatic nitrogens is 2. The molecule has 2 aromatic carbocycles. The van der Waals surface area contributed by atoms with Crippen molar-refractivity contribution in [2.45, 2.75) is 173 Å². The highest BCUT2D eigenvalue weighted by Gasteiger charge is 2.55. The lowest BCUT2D eigenvalue weighted by molar-refractivity contribution is -0.155. The van der Waals surface area contributed by atoms with Crippen LogP contribution < -0.4 is 21.0 Å². The van der Waals surface area contributed by atoms with Gasteiger partial charge in [0.15, 0.2) is 0 Å². The molecule has 82 heavy (non-hydrogen) atoms. The molecule has 2 aromatic heterocycles. The van der Waals surface area contributed by atoms with E-state index in [1.54, 1.807) is 7.11 Å². The minimum Gasteiger partial charge on any atom is -0.464 e. The first-order valence-electron chi connectivity index (χ1n) is 31.4. The van der Waals surface area contributed by atoms with Crippen molar-refractivity contribution in [2.24, 2.45) is 22.7 Å². The molecular weight excluding hydrogens is 1040 g/mol. The second-order valence-electron chi connectivity index (χ2n) is 27.0. The number of rotatable bonds is 12. The molecular formula is C65H87FN10O6. The van der Waals surface area contributed by atoms with Crippen LogP contribution in [0.3, 0.4) is 0 Å². The van der Waals surface area contributed by atoms with Gasteiger partial charge in [0.05, 0.1) is 42.0 Å². The average Bonchev–Trinajstić information content (AvgIpc) is 4.21. The first-order valence-corrected chi connectivity index (χ1v) is 31.4. The van der Waals surface area contributed by atoms with Crippen molar-refractivity contribution in [3.8, 4) is 22.4 Å². The third kappa shape index (κ3) is 10.9. The summed E-state index contributed by atoms with van der Waals surface area (Å²) in [5.74, 6) is 0.0722. The van der Waals surface area contributed by atoms with Gasteiger partial charge in [-0.05, 0) is 161 Å². The molecule has 9 aliphatic rings. The normalized spacial score (nSPS) is 28.9. The predicted molar refractivity (Wildman–Crippen MR) is 314 cm³/mol. The Morgan fingerprint density at radius 3 is 2.52 bits per heavy atom. The van der Waals surface area contributed by atoms with Crippen molar-refractivity contribution in [3.05, 3.63) is 71.0 Å². The monoisotopic (exact) mass is 1120 g/mol. The molecule has 440 valence electrons. The third-order valence-corrected chi connectivity index (χ3v) is 20.7. The highest BCUT2D eigenvalue weighted by Crippen LogP contribution is 2.47. The standard InChI is InChI=1S/C65H87FN10O6/c1-6-75-54-18-17-45-31-49(54)51(59(75)50-32-48(35-67-55(50)40(2)81-5)72-26-25-71-21-9-13-47(71)36-72)33-64(3,4)39-82-63(80)52-14-10-22-76(70-52)61(78)53(30-41-27-42(34-66)29-46(45)28-41)68-60(77)58(44-11-7-8-12-44)73-23-19-65(37-73)20-24-74(38-65)62(79)57-56(69-57)43-15-16-43/h17-18,27-29,31-32,35,40,43-44,47,52-53,56-58,69-70H,6-16,19-26,30,33-34,36-39H2,1-5H3,(H,68,77)/t40-,47+,52-,53-,56?,57+,58?,65-/m0/s1. The average molecular weight is 1120 g/mol. The molecule has 6 saturated heterocycles. The summed E-state index contributed by atoms with van der Waals surface area (Å²) in [5, 5.41) is 9.39. The fourth-order valence-electron chi connectivity index (χ4n) is 16.0. The van der Waals surface area contributed by atoms with Crippen LogP contribution in [0.2, 0.25) is 0 Å². The van der Waals surface area contributed by atoms with E-state index in [0.29, 0.717) is 62.5 Å². The van der Waals surface area contributed by atoms with E-state index in [0.717, 1.165) is 140 Å². The maximum Gasteiger partial charge on any atom is 0.324 e. The molecule has 7 aliphatic heterocycles. The Bertz CT molecular complexity index is 3100. The Labute approximate surface area is 483 Å². The minimum absolute atomic E-state index is 0.0472. The van der Waals surface area contributed by atoms with E-state index >= 15 is 14.0 Å². The lowest BCUT2D eigenvalue weighted by atomic mass is 9.84. The Balaban J connectivity index is 0.858. The highest BCUT2D eigenvalue weighted by atomic mass is 19.1. The van der Waals surface area contributed by atoms with Crippen LogP contribution in [0.4, 0.5) is 10.1 Å². The number of esters is 1. The van der Waals surface area contributed by atoms with Gasteiger partial charge >= 0.3 is 5.97 Å². The van der Waals surface area contributed by atoms with Gasteiger partial charge in [-0.1, -0.05) is 44.9 Å². The maximum atomic E-state index is 15.4. The Morgan fingerprint density at radius 1 is 0.915 bits per heavy atom. The number of cyclic esters (lactones) is 1. The largest absolute Gasteiger partial charge is 0.464 e. The SMILES string of the molecule is CCn1c(-c2cc(N3CCN4CCC[C@@H]4C3)cnc2[C@H](C)OC)c2c3cc(ccc31)-c1cc(CF)cc(c1)C[C@H](NC(=O)C(C1CCCC1)N1CC[C@]3(CCN(C(=O)[C@@H]4NC4C4CC4)C3)C1)C(=O)N1CCC[C@H](N1)C(=O)OCC(C)(C)C2. The molecule has 4 aromatic rings. The molecule has 16 nitrogen and oxygen atoms in total. The van der Waals surface area contributed by atoms with Gasteiger partial charge in [0, 0.05) is 105 Å². The quantitative estimate of drug-likeness (QED) is 0.0935. The molecule has 9 heterocycles. The first-order chi connectivity index (χ1) is 39.7. The number of methoxy groups -OCH3 is 1. The number of benzene rings is 2. The fourth-order valence-corrected chi connectivity index (χ4v) is 16.0. The van der Waals surface area contributed by atoms with E-state index in [9.17, 15) is 9.59 Å². The van der Waals surface area contributed by atoms with E-state index in [1.165, 1.54) is 30.7 Å². The topological polar surface area (TPSA) is 167 Å². The van der Waals surface area contributed by atoms with Gasteiger partial charge in [0.1, 0.15) is 24.8 Å². The van der Waals surface area contributed by atoms with Gasteiger partial charge in [-0.15, -0.1) is 0 Å². The molecule has 3 amide bonds. The molecule has 8 atom stereocenters. The van der Waals surface area contributed by atoms with Crippen LogP contribution in [-0.2, 0) is 54.7 Å². The smallest absolute Gasteiger partial charge is 0.324 e. The number of piperazine rings is 1. The zero-order valence-corrected chi connectivity index (χ0v) is 49.2. The van der Waals surface area contributed by atoms with E-state index in [2.05, 4.69) is 98.3 Å². The van der Waals surface area contributed by atoms with Gasteiger partial charge in [-0.2, -0.15) is 0 Å². The number of hydrazine groups is 1. The second-order valence-corrected chi connectivity index (χ2v) is 27.0. The summed E-state index contributed by atoms with van der Waals surface area (Å²) in [4.78, 5) is 73.5. The van der Waals surface area contributed by atoms with Crippen LogP contribution in [0, 0.1) is 22.7 Å². The van der Waals surface area contributed by atoms with E-state index < -0.39 is 36.2 Å². The van der Waals surface area contributed by atoms with Gasteiger partial charge in [-0.3, -0.25) is 44.3 Å². The van der Waals surface area contributed by atoms with Crippen LogP contribution in [0.5, 0.6) is 0 Å². The summed E-state index contributed by atoms with van der Waals surface area (Å²) in [7, 11) is 1.73. The number of hydrogen-bond donors (Lipinski definition) is 3. The number of likely N-dealkylation sites (tertiary alicyclic amines) is 2. The molecule has 8 fully saturated rings. The van der Waals surface area contributed by atoms with Crippen molar-refractivity contribution in [1.82, 2.24) is 45.3 Å². The van der Waals surface area contributed by atoms with Crippen molar-refractivity contribution in [2.75, 3.05) is 77.5 Å². The van der Waals surface area contributed by atoms with Gasteiger partial charge in [0.2, 0.25) is 11.8 Å². The van der Waals surface area contributed by atoms with Gasteiger partial charge in [-0.25, -0.2) is 9.82 Å². The number of pyridine rings is 1. The van der Waals surface area contributed by atoms with Crippen LogP contribution >= 0.6 is 0 Å². The van der Waals surface area contributed by atoms with E-state index in [1.807, 2.05) is 18.3 Å². The van der Waals surface area contributed by atoms with E-state index in [-0.39, 0.29) is 54.2 Å². The summed E-state index contributed by atoms with van der Waals surface area (Å²) < 4.78 is 30.2. The molecule has 1 spiro atoms. The van der Waals surface area contributed by atoms with E-state index in [4.69, 9.17) is 14.5 Å². The number of alkyl halides is 1. The first kappa shape index (κ1) is 55.7. The number of halogens is 1. The van der Waals surface area contributed by atoms with Crippen molar-refractivity contribution in [3.63, 3.8) is 0 Å². The molecule has 2 aliphatic carbocycles. The number of nitrogens with one attached hydrogen (secondary N) is 3. The number of anilines is 1. The summed E-state index contributed by atoms with van der Waals surface area (Å²) in [6.45, 7) is 16.0. The Kier molecular flexibility index (Phi) is 15.3. The molecule has 0 radical (unpaired) electrons. The number of nitrogens with zero attached hydrogens (tertiary/aromatic N) is 7. The molecule has 2 unspecified atom stereocenters. The summed E-state index contributed by atoms with van der Waals surface area (Å²) >= 11 is 0. The second kappa shape index (κ2) is 22.5. The van der Waals surface area contributed by atoms with Crippen LogP contribution in [0.1, 0.15) is 133 Å². The lowest BCUT2D eigenvalue weighted by Gasteiger charge is -2.39. The zero-order valence-electron chi connectivity index (χ0n) is 49.2. The Hall–Kier alpha value is -5.46. The van der Waals surface area contributed by atoms with Gasteiger partial charge < -0.3 is 29.2 Å². The number of fused-ring (bicyclic) bond motifs is 7. The number of hydrogen-bond acceptors (Lipinski definition) is 12. The van der Waals surface area contributed by atoms with Crippen molar-refractivity contribution < 1.29 is 33.0 Å². The number of carbonyl (C=O) groups excluding carboxylic acids is 4. The number of carbonyl (C=O) groups is 4. The number of ether oxygens (including phenoxy) is 2. The minimum atomic E-state index is -1.02. The molecule has 17 heteroatoms. The fraction of sp³-hybridized carbons (Fsp3) is 0.646. The number of aryl methyl sites for hydroxylation is 1. The van der Waals surface area contributed by atoms with Crippen LogP contribution in [0.25, 0.3) is 33.3 Å². The lowest BCUT2D eigenvalue weighted by Crippen LogP contribution is -2.62. The van der Waals surface area contributed by atoms with Crippen molar-refractivity contribution in [1.29, 1.82) is 0 Å². The van der Waals surface area contributed by atoms with Gasteiger partial charge in [0.25, 0.3) is 5.91 Å². The zero-order chi connectivity index (χ0) is 56.6. The highest BCUT2D eigenvalue weighted by molar-refractivity contribution is 5.96. The van der Waals surface area contributed by atoms with Crippen LogP contribution in [0.15, 0.2) is 48.7 Å². The summed E-state index contributed by atoms with van der Waals surface area (Å²) in [6.07, 6.45) is 14.1. The third-order valence-electron chi connectivity index (χ3n) is 20.7. The molecule has 13 rings (SSSR count). The summed E-state index contributed by atoms with van der Waals surface area (Å²) in [6, 6.07) is 13.2. The molecule has 3 N–H and O–H groups in total. The van der Waals surface area contributed by atoms with Crippen LogP contribution in [-0.4, -0.2) is 162 Å². The maximum absolute atomic E-state index is 15.4. The Morgan fingerprint density at radius 2 is 1.73 bits per heavy atom. The summed E-state index contributed by atoms with van der Waals surface area (Å²) in [5.41, 5.74) is 11.8. The number of amides is 3. The molecule has 2 saturated carbocycles. The predicted octanol–water partition coefficient (Wildman–Crippen LogP) is 7.73. The van der Waals surface area contributed by atoms with Crippen molar-refractivity contribution >= 4 is 40.3 Å².